The van der Waals surface area contributed by atoms with E-state index < -0.39 is 0 Å². The molecule has 2 aromatic rings. The maximum atomic E-state index is 11.2. The molecule has 0 aliphatic heterocycles. The van der Waals surface area contributed by atoms with Gasteiger partial charge in [-0.05, 0) is 12.5 Å². The fourth-order valence-electron chi connectivity index (χ4n) is 1.58. The van der Waals surface area contributed by atoms with Crippen LogP contribution in [0.25, 0.3) is 11.3 Å². The van der Waals surface area contributed by atoms with Gasteiger partial charge in [0.15, 0.2) is 0 Å². The lowest BCUT2D eigenvalue weighted by atomic mass is 10.1. The SMILES string of the molecule is CCc1[nH]c(=O)[nH]c1-c1ccccc1Br. The summed E-state index contributed by atoms with van der Waals surface area (Å²) in [5, 5.41) is 0. The molecule has 4 heteroatoms. The molecule has 15 heavy (non-hydrogen) atoms. The third-order valence-electron chi connectivity index (χ3n) is 2.30. The normalized spacial score (nSPS) is 10.5. The lowest BCUT2D eigenvalue weighted by Crippen LogP contribution is -2.00. The topological polar surface area (TPSA) is 48.6 Å². The second-order valence-electron chi connectivity index (χ2n) is 3.27. The van der Waals surface area contributed by atoms with Gasteiger partial charge in [-0.3, -0.25) is 0 Å². The second-order valence-corrected chi connectivity index (χ2v) is 4.12. The summed E-state index contributed by atoms with van der Waals surface area (Å²) in [4.78, 5) is 16.8. The number of rotatable bonds is 2. The van der Waals surface area contributed by atoms with Crippen LogP contribution in [0.2, 0.25) is 0 Å². The van der Waals surface area contributed by atoms with Crippen molar-refractivity contribution in [3.05, 3.63) is 44.9 Å². The van der Waals surface area contributed by atoms with Crippen LogP contribution in [-0.4, -0.2) is 9.97 Å². The van der Waals surface area contributed by atoms with Gasteiger partial charge in [0, 0.05) is 15.7 Å². The molecule has 0 atom stereocenters. The Kier molecular flexibility index (Phi) is 2.77. The van der Waals surface area contributed by atoms with Gasteiger partial charge in [0.2, 0.25) is 0 Å². The van der Waals surface area contributed by atoms with Gasteiger partial charge in [-0.1, -0.05) is 41.1 Å². The predicted octanol–water partition coefficient (Wildman–Crippen LogP) is 2.69. The van der Waals surface area contributed by atoms with Crippen LogP contribution in [0.5, 0.6) is 0 Å². The average Bonchev–Trinajstić information content (AvgIpc) is 2.60. The quantitative estimate of drug-likeness (QED) is 0.863. The molecule has 2 N–H and O–H groups in total. The van der Waals surface area contributed by atoms with Crippen molar-refractivity contribution >= 4 is 15.9 Å². The van der Waals surface area contributed by atoms with Gasteiger partial charge in [-0.25, -0.2) is 4.79 Å². The fraction of sp³-hybridized carbons (Fsp3) is 0.182. The molecule has 0 unspecified atom stereocenters. The van der Waals surface area contributed by atoms with E-state index in [1.165, 1.54) is 0 Å². The van der Waals surface area contributed by atoms with Crippen molar-refractivity contribution in [3.8, 4) is 11.3 Å². The molecular weight excluding hydrogens is 256 g/mol. The standard InChI is InChI=1S/C11H11BrN2O/c1-2-9-10(14-11(15)13-9)7-5-3-4-6-8(7)12/h3-6H,2H2,1H3,(H2,13,14,15). The molecule has 78 valence electrons. The molecule has 0 radical (unpaired) electrons. The number of aromatic nitrogens is 2. The van der Waals surface area contributed by atoms with E-state index in [1.54, 1.807) is 0 Å². The van der Waals surface area contributed by atoms with Crippen LogP contribution < -0.4 is 5.69 Å². The molecule has 1 aromatic carbocycles. The number of halogens is 1. The number of imidazole rings is 1. The minimum atomic E-state index is -0.155. The summed E-state index contributed by atoms with van der Waals surface area (Å²) in [6.07, 6.45) is 0.801. The molecule has 0 fully saturated rings. The van der Waals surface area contributed by atoms with Gasteiger partial charge in [0.1, 0.15) is 0 Å². The van der Waals surface area contributed by atoms with Crippen molar-refractivity contribution in [2.45, 2.75) is 13.3 Å². The lowest BCUT2D eigenvalue weighted by Gasteiger charge is -2.03. The van der Waals surface area contributed by atoms with E-state index in [0.717, 1.165) is 27.8 Å². The maximum Gasteiger partial charge on any atom is 0.323 e. The Morgan fingerprint density at radius 2 is 2.00 bits per heavy atom. The Hall–Kier alpha value is -1.29. The smallest absolute Gasteiger partial charge is 0.309 e. The molecule has 0 spiro atoms. The van der Waals surface area contributed by atoms with E-state index in [-0.39, 0.29) is 5.69 Å². The van der Waals surface area contributed by atoms with Crippen LogP contribution in [0.3, 0.4) is 0 Å². The Labute approximate surface area is 95.7 Å². The number of benzene rings is 1. The van der Waals surface area contributed by atoms with E-state index in [0.29, 0.717) is 0 Å². The van der Waals surface area contributed by atoms with Crippen molar-refractivity contribution in [2.24, 2.45) is 0 Å². The number of nitrogens with one attached hydrogen (secondary N) is 2. The Morgan fingerprint density at radius 3 is 2.67 bits per heavy atom. The predicted molar refractivity (Wildman–Crippen MR) is 63.9 cm³/mol. The van der Waals surface area contributed by atoms with Crippen molar-refractivity contribution in [2.75, 3.05) is 0 Å². The van der Waals surface area contributed by atoms with Crippen LogP contribution in [0.1, 0.15) is 12.6 Å². The van der Waals surface area contributed by atoms with Gasteiger partial charge in [0.05, 0.1) is 5.69 Å². The molecule has 2 rings (SSSR count). The zero-order chi connectivity index (χ0) is 10.8. The highest BCUT2D eigenvalue weighted by Crippen LogP contribution is 2.27. The molecule has 0 bridgehead atoms. The third-order valence-corrected chi connectivity index (χ3v) is 2.99. The second kappa shape index (κ2) is 4.06. The van der Waals surface area contributed by atoms with Gasteiger partial charge in [-0.15, -0.1) is 0 Å². The first-order chi connectivity index (χ1) is 7.22. The van der Waals surface area contributed by atoms with E-state index in [9.17, 15) is 4.79 Å². The minimum absolute atomic E-state index is 0.155. The summed E-state index contributed by atoms with van der Waals surface area (Å²) in [7, 11) is 0. The van der Waals surface area contributed by atoms with Crippen LogP contribution in [0.15, 0.2) is 33.5 Å². The Balaban J connectivity index is 2.63. The number of aryl methyl sites for hydroxylation is 1. The van der Waals surface area contributed by atoms with Crippen LogP contribution in [0, 0.1) is 0 Å². The van der Waals surface area contributed by atoms with E-state index in [4.69, 9.17) is 0 Å². The first-order valence-electron chi connectivity index (χ1n) is 4.78. The van der Waals surface area contributed by atoms with Gasteiger partial charge >= 0.3 is 5.69 Å². The average molecular weight is 267 g/mol. The molecule has 0 saturated heterocycles. The fourth-order valence-corrected chi connectivity index (χ4v) is 2.06. The van der Waals surface area contributed by atoms with Crippen LogP contribution in [-0.2, 0) is 6.42 Å². The van der Waals surface area contributed by atoms with E-state index in [1.807, 2.05) is 31.2 Å². The highest BCUT2D eigenvalue weighted by atomic mass is 79.9. The molecular formula is C11H11BrN2O. The zero-order valence-electron chi connectivity index (χ0n) is 8.30. The lowest BCUT2D eigenvalue weighted by molar-refractivity contribution is 1.05. The third kappa shape index (κ3) is 1.90. The first-order valence-corrected chi connectivity index (χ1v) is 5.57. The minimum Gasteiger partial charge on any atom is -0.309 e. The van der Waals surface area contributed by atoms with Gasteiger partial charge in [-0.2, -0.15) is 0 Å². The van der Waals surface area contributed by atoms with E-state index >= 15 is 0 Å². The maximum absolute atomic E-state index is 11.2. The molecule has 0 aliphatic rings. The van der Waals surface area contributed by atoms with Gasteiger partial charge < -0.3 is 9.97 Å². The zero-order valence-corrected chi connectivity index (χ0v) is 9.89. The van der Waals surface area contributed by atoms with Crippen molar-refractivity contribution in [3.63, 3.8) is 0 Å². The Morgan fingerprint density at radius 1 is 1.27 bits per heavy atom. The number of hydrogen-bond acceptors (Lipinski definition) is 1. The van der Waals surface area contributed by atoms with Crippen LogP contribution in [0.4, 0.5) is 0 Å². The number of hydrogen-bond donors (Lipinski definition) is 2. The summed E-state index contributed by atoms with van der Waals surface area (Å²) in [6.45, 7) is 2.01. The molecule has 0 aliphatic carbocycles. The summed E-state index contributed by atoms with van der Waals surface area (Å²) >= 11 is 3.47. The molecule has 0 saturated carbocycles. The highest BCUT2D eigenvalue weighted by Gasteiger charge is 2.09. The monoisotopic (exact) mass is 266 g/mol. The molecule has 0 amide bonds. The molecule has 1 heterocycles. The van der Waals surface area contributed by atoms with Crippen molar-refractivity contribution in [1.82, 2.24) is 9.97 Å². The molecule has 3 nitrogen and oxygen atoms in total. The number of H-pyrrole nitrogens is 2. The largest absolute Gasteiger partial charge is 0.323 e. The molecule has 1 aromatic heterocycles. The highest BCUT2D eigenvalue weighted by molar-refractivity contribution is 9.10. The summed E-state index contributed by atoms with van der Waals surface area (Å²) in [6, 6.07) is 7.83. The number of aromatic amines is 2. The van der Waals surface area contributed by atoms with E-state index in [2.05, 4.69) is 25.9 Å². The Bertz CT molecular complexity index is 527. The van der Waals surface area contributed by atoms with Gasteiger partial charge in [0.25, 0.3) is 0 Å². The van der Waals surface area contributed by atoms with Crippen LogP contribution >= 0.6 is 15.9 Å². The van der Waals surface area contributed by atoms with Crippen molar-refractivity contribution < 1.29 is 0 Å². The summed E-state index contributed by atoms with van der Waals surface area (Å²) in [5.41, 5.74) is 2.66. The summed E-state index contributed by atoms with van der Waals surface area (Å²) in [5.74, 6) is 0. The summed E-state index contributed by atoms with van der Waals surface area (Å²) < 4.78 is 0.981. The first kappa shape index (κ1) is 10.2. The van der Waals surface area contributed by atoms with Crippen molar-refractivity contribution in [1.29, 1.82) is 0 Å².